The van der Waals surface area contributed by atoms with Crippen molar-refractivity contribution in [1.29, 1.82) is 0 Å². The second-order valence-corrected chi connectivity index (χ2v) is 27.3. The summed E-state index contributed by atoms with van der Waals surface area (Å²) in [6.45, 7) is 31.7. The molecule has 2 saturated carbocycles. The molecule has 72 heavy (non-hydrogen) atoms. The Morgan fingerprint density at radius 1 is 0.917 bits per heavy atom. The van der Waals surface area contributed by atoms with Crippen LogP contribution in [0.2, 0.25) is 16.6 Å². The Hall–Kier alpha value is -5.26. The van der Waals surface area contributed by atoms with E-state index in [1.807, 2.05) is 31.2 Å². The average molecular weight is 1010 g/mol. The molecule has 2 aromatic carbocycles. The number of esters is 3. The third-order valence-electron chi connectivity index (χ3n) is 16.8. The minimum absolute atomic E-state index is 0.129. The van der Waals surface area contributed by atoms with Gasteiger partial charge in [0.2, 0.25) is 14.2 Å². The highest BCUT2D eigenvalue weighted by molar-refractivity contribution is 6.77. The van der Waals surface area contributed by atoms with Gasteiger partial charge in [0.1, 0.15) is 36.2 Å². The molecule has 4 fully saturated rings. The normalized spacial score (nSPS) is 31.6. The molecule has 3 aliphatic carbocycles. The van der Waals surface area contributed by atoms with Crippen LogP contribution in [0.1, 0.15) is 125 Å². The lowest BCUT2D eigenvalue weighted by atomic mass is 9.43. The first-order valence-electron chi connectivity index (χ1n) is 25.1. The van der Waals surface area contributed by atoms with Gasteiger partial charge in [-0.25, -0.2) is 9.59 Å². The smallest absolute Gasteiger partial charge is 0.338 e. The van der Waals surface area contributed by atoms with Crippen LogP contribution >= 0.6 is 0 Å². The molecule has 11 atom stereocenters. The number of para-hydroxylation sites is 1. The second-order valence-electron chi connectivity index (χ2n) is 21.9. The lowest BCUT2D eigenvalue weighted by Gasteiger charge is -2.68. The van der Waals surface area contributed by atoms with Gasteiger partial charge in [0.15, 0.2) is 23.6 Å². The predicted molar refractivity (Wildman–Crippen MR) is 271 cm³/mol. The van der Waals surface area contributed by atoms with Crippen LogP contribution < -0.4 is 4.74 Å². The highest BCUT2D eigenvalue weighted by atomic mass is 28.4. The van der Waals surface area contributed by atoms with Gasteiger partial charge in [-0.1, -0.05) is 125 Å². The number of nitrogens with zero attached hydrogens (tertiary/aromatic N) is 1. The van der Waals surface area contributed by atoms with Crippen molar-refractivity contribution in [1.82, 2.24) is 4.90 Å². The number of hydrogen-bond acceptors (Lipinski definition) is 14. The molecule has 16 heteroatoms. The van der Waals surface area contributed by atoms with Crippen LogP contribution in [-0.2, 0) is 47.3 Å². The number of carbonyl (C=O) groups is 6. The van der Waals surface area contributed by atoms with E-state index in [1.165, 1.54) is 18.7 Å². The summed E-state index contributed by atoms with van der Waals surface area (Å²) < 4.78 is 36.7. The van der Waals surface area contributed by atoms with Gasteiger partial charge in [0, 0.05) is 42.7 Å². The molecule has 2 amide bonds. The first-order valence-corrected chi connectivity index (χ1v) is 27.2. The fourth-order valence-corrected chi connectivity index (χ4v) is 18.5. The molecule has 2 aromatic rings. The average Bonchev–Trinajstić information content (AvgIpc) is 3.31. The Morgan fingerprint density at radius 3 is 2.04 bits per heavy atom. The third-order valence-corrected chi connectivity index (χ3v) is 22.9. The molecule has 2 N–H and O–H groups in total. The molecule has 392 valence electrons. The van der Waals surface area contributed by atoms with Gasteiger partial charge in [-0.05, 0) is 65.2 Å². The number of β-lactam (4-membered cyclic amide) rings is 1. The van der Waals surface area contributed by atoms with Crippen molar-refractivity contribution in [2.24, 2.45) is 22.7 Å². The summed E-state index contributed by atoms with van der Waals surface area (Å²) in [6, 6.07) is 15.3. The molecule has 0 spiro atoms. The Bertz CT molecular complexity index is 2460. The van der Waals surface area contributed by atoms with Crippen LogP contribution in [0.4, 0.5) is 0 Å². The van der Waals surface area contributed by atoms with Gasteiger partial charge in [-0.3, -0.25) is 24.1 Å². The number of aliphatic hydroxyl groups is 2. The largest absolute Gasteiger partial charge is 0.489 e. The molecule has 0 aromatic heterocycles. The lowest BCUT2D eigenvalue weighted by molar-refractivity contribution is -0.339. The van der Waals surface area contributed by atoms with Gasteiger partial charge in [-0.2, -0.15) is 0 Å². The van der Waals surface area contributed by atoms with Crippen LogP contribution in [0.15, 0.2) is 91.1 Å². The zero-order chi connectivity index (χ0) is 53.6. The summed E-state index contributed by atoms with van der Waals surface area (Å²) in [7, 11) is -2.30. The van der Waals surface area contributed by atoms with Gasteiger partial charge in [0.05, 0.1) is 24.2 Å². The van der Waals surface area contributed by atoms with Gasteiger partial charge >= 0.3 is 17.9 Å². The van der Waals surface area contributed by atoms with Gasteiger partial charge in [0.25, 0.3) is 5.91 Å². The second kappa shape index (κ2) is 20.9. The van der Waals surface area contributed by atoms with E-state index in [4.69, 9.17) is 28.1 Å². The molecular weight excluding hydrogens is 939 g/mol. The first-order chi connectivity index (χ1) is 33.6. The van der Waals surface area contributed by atoms with Crippen molar-refractivity contribution in [2.45, 2.75) is 167 Å². The number of benzene rings is 2. The maximum Gasteiger partial charge on any atom is 0.338 e. The minimum atomic E-state index is -2.30. The van der Waals surface area contributed by atoms with Crippen molar-refractivity contribution in [3.63, 3.8) is 0 Å². The monoisotopic (exact) mass is 1010 g/mol. The van der Waals surface area contributed by atoms with E-state index in [-0.39, 0.29) is 36.0 Å². The summed E-state index contributed by atoms with van der Waals surface area (Å²) in [6.07, 6.45) is -2.82. The topological polar surface area (TPSA) is 201 Å². The Labute approximate surface area is 425 Å². The quantitative estimate of drug-likeness (QED) is 0.0457. The van der Waals surface area contributed by atoms with Crippen molar-refractivity contribution in [2.75, 3.05) is 13.2 Å². The number of imide groups is 1. The molecule has 5 aliphatic rings. The number of hydrogen-bond donors (Lipinski definition) is 2. The summed E-state index contributed by atoms with van der Waals surface area (Å²) in [4.78, 5) is 80.7. The maximum absolute atomic E-state index is 15.0. The van der Waals surface area contributed by atoms with Crippen LogP contribution in [0.5, 0.6) is 5.75 Å². The summed E-state index contributed by atoms with van der Waals surface area (Å²) in [5.41, 5.74) is -3.69. The number of aliphatic hydroxyl groups excluding tert-OH is 1. The van der Waals surface area contributed by atoms with Crippen LogP contribution in [0.3, 0.4) is 0 Å². The van der Waals surface area contributed by atoms with E-state index in [2.05, 4.69) is 54.7 Å². The lowest BCUT2D eigenvalue weighted by Crippen LogP contribution is -2.80. The molecule has 1 unspecified atom stereocenters. The Kier molecular flexibility index (Phi) is 16.3. The number of carbonyl (C=O) groups excluding carboxylic acids is 6. The molecule has 15 nitrogen and oxygen atoms in total. The number of fused-ring (bicyclic) bond motifs is 5. The van der Waals surface area contributed by atoms with E-state index in [0.29, 0.717) is 41.0 Å². The van der Waals surface area contributed by atoms with Gasteiger partial charge < -0.3 is 38.3 Å². The number of amides is 2. The summed E-state index contributed by atoms with van der Waals surface area (Å²) in [5, 5.41) is 24.3. The zero-order valence-corrected chi connectivity index (χ0v) is 45.2. The van der Waals surface area contributed by atoms with Crippen molar-refractivity contribution in [3.8, 4) is 5.75 Å². The number of Topliss-reactive ketones (excluding diaryl/α,β-unsaturated/α-hetero) is 1. The van der Waals surface area contributed by atoms with Crippen molar-refractivity contribution in [3.05, 3.63) is 102 Å². The van der Waals surface area contributed by atoms with E-state index >= 15 is 4.79 Å². The number of rotatable bonds is 14. The first kappa shape index (κ1) is 56.0. The molecule has 2 heterocycles. The molecule has 0 radical (unpaired) electrons. The fraction of sp³-hybridized carbons (Fsp3) is 0.571. The summed E-state index contributed by atoms with van der Waals surface area (Å²) in [5.74, 6) is -4.25. The van der Waals surface area contributed by atoms with E-state index < -0.39 is 102 Å². The number of likely N-dealkylation sites (tertiary alicyclic amines) is 1. The van der Waals surface area contributed by atoms with E-state index in [0.717, 1.165) is 11.6 Å². The van der Waals surface area contributed by atoms with Crippen LogP contribution in [0, 0.1) is 22.7 Å². The molecule has 2 bridgehead atoms. The minimum Gasteiger partial charge on any atom is -0.489 e. The highest BCUT2D eigenvalue weighted by Gasteiger charge is 2.77. The molecule has 7 rings (SSSR count). The van der Waals surface area contributed by atoms with Crippen molar-refractivity contribution < 1.29 is 67.1 Å². The SMILES string of the molecule is C=CC(=O)O[C@@]12CO[C@@H]1C[C@H](C)[C@@]1(C)C(=O)[C@H](OC(C)=O)C3=C(C)[C@@H](O)C[C@@](O)([C@@H](OC(=O)c4ccccc4)C12)C3(C)C.C=CCOc1ccccc1[C@H]1[C@@H](O[Si](C(C)C)(C(C)C)C(C)C)C(=O)N1C(C)=O. The fourth-order valence-electron chi connectivity index (χ4n) is 13.0. The summed E-state index contributed by atoms with van der Waals surface area (Å²) >= 11 is 0. The molecule has 2 saturated heterocycles. The number of ketones is 1. The maximum atomic E-state index is 15.0. The van der Waals surface area contributed by atoms with Crippen LogP contribution in [0.25, 0.3) is 0 Å². The molecular formula is C56H75NO14Si. The Morgan fingerprint density at radius 2 is 1.51 bits per heavy atom. The standard InChI is InChI=1S/C33H40O10.C23H35NO4Si/c1-8-23(36)43-32-16-40-22(32)14-17(2)31(7)26(32)28(42-29(38)20-12-10-9-11-13-20)33(39)15-21(35)18(3)24(30(33,5)6)25(27(31)37)41-19(4)34;1-9-14-27-20-13-11-10-12-19(20)21-22(23(26)24(21)18(8)25)28-29(15(2)3,16(4)5)17(6)7/h8-13,17,21-22,25-26,28,35,39H,1,14-16H2,2-7H3;9-13,15-17,21-22H,1,14H2,2-8H3/t17-,21-,22+,25+,26?,28-,31+,32-,33+;21-,22+/m00/s1. The van der Waals surface area contributed by atoms with Gasteiger partial charge in [-0.15, -0.1) is 0 Å². The van der Waals surface area contributed by atoms with Crippen molar-refractivity contribution >= 4 is 43.8 Å². The van der Waals surface area contributed by atoms with Crippen LogP contribution in [-0.4, -0.2) is 114 Å². The highest BCUT2D eigenvalue weighted by Crippen LogP contribution is 2.65. The number of ether oxygens (including phenoxy) is 5. The Balaban J connectivity index is 0.000000255. The zero-order valence-electron chi connectivity index (χ0n) is 44.2. The van der Waals surface area contributed by atoms with E-state index in [1.54, 1.807) is 64.1 Å². The van der Waals surface area contributed by atoms with E-state index in [9.17, 15) is 34.2 Å². The third kappa shape index (κ3) is 9.13. The molecule has 2 aliphatic heterocycles. The predicted octanol–water partition coefficient (Wildman–Crippen LogP) is 8.34.